The molecule has 90 valence electrons. The molecule has 2 aromatic rings. The first kappa shape index (κ1) is 11.5. The number of carbonyl (C=O) groups is 1. The molecule has 0 atom stereocenters. The van der Waals surface area contributed by atoms with Crippen molar-refractivity contribution in [3.63, 3.8) is 0 Å². The van der Waals surface area contributed by atoms with Crippen LogP contribution in [0.25, 0.3) is 11.2 Å². The van der Waals surface area contributed by atoms with Gasteiger partial charge < -0.3 is 14.4 Å². The van der Waals surface area contributed by atoms with Gasteiger partial charge in [-0.3, -0.25) is 0 Å². The Balaban J connectivity index is 2.45. The first-order valence-corrected chi connectivity index (χ1v) is 5.17. The van der Waals surface area contributed by atoms with E-state index in [0.29, 0.717) is 24.2 Å². The zero-order valence-electron chi connectivity index (χ0n) is 9.67. The van der Waals surface area contributed by atoms with Crippen molar-refractivity contribution in [1.29, 1.82) is 0 Å². The number of aromatic nitrogens is 3. The van der Waals surface area contributed by atoms with E-state index in [-0.39, 0.29) is 5.56 Å². The molecule has 1 N–H and O–H groups in total. The standard InChI is InChI=1S/C11H13N3O3/c1-14-9(3-4-17-2)13-8-5-7(11(15)16)6-12-10(8)14/h5-6H,3-4H2,1-2H3,(H,15,16). The van der Waals surface area contributed by atoms with Crippen molar-refractivity contribution >= 4 is 17.1 Å². The van der Waals surface area contributed by atoms with Gasteiger partial charge in [0.1, 0.15) is 11.3 Å². The first-order chi connectivity index (χ1) is 8.13. The average Bonchev–Trinajstić information content (AvgIpc) is 2.63. The van der Waals surface area contributed by atoms with Crippen LogP contribution in [-0.2, 0) is 18.2 Å². The smallest absolute Gasteiger partial charge is 0.337 e. The largest absolute Gasteiger partial charge is 0.478 e. The fourth-order valence-corrected chi connectivity index (χ4v) is 1.66. The third-order valence-corrected chi connectivity index (χ3v) is 2.58. The van der Waals surface area contributed by atoms with Gasteiger partial charge in [0.05, 0.1) is 12.2 Å². The van der Waals surface area contributed by atoms with Crippen molar-refractivity contribution in [2.75, 3.05) is 13.7 Å². The van der Waals surface area contributed by atoms with E-state index < -0.39 is 5.97 Å². The topological polar surface area (TPSA) is 77.2 Å². The first-order valence-electron chi connectivity index (χ1n) is 5.17. The number of methoxy groups -OCH3 is 1. The van der Waals surface area contributed by atoms with E-state index in [1.165, 1.54) is 12.3 Å². The molecule has 0 unspecified atom stereocenters. The van der Waals surface area contributed by atoms with Crippen molar-refractivity contribution in [2.45, 2.75) is 6.42 Å². The van der Waals surface area contributed by atoms with Gasteiger partial charge in [0, 0.05) is 26.8 Å². The van der Waals surface area contributed by atoms with Crippen molar-refractivity contribution in [1.82, 2.24) is 14.5 Å². The van der Waals surface area contributed by atoms with Crippen LogP contribution < -0.4 is 0 Å². The molecule has 0 saturated heterocycles. The van der Waals surface area contributed by atoms with Crippen molar-refractivity contribution in [3.8, 4) is 0 Å². The number of hydrogen-bond acceptors (Lipinski definition) is 4. The Bertz CT molecular complexity index is 562. The molecule has 0 bridgehead atoms. The highest BCUT2D eigenvalue weighted by atomic mass is 16.5. The second-order valence-electron chi connectivity index (χ2n) is 3.70. The highest BCUT2D eigenvalue weighted by Crippen LogP contribution is 2.14. The monoisotopic (exact) mass is 235 g/mol. The molecule has 0 aliphatic heterocycles. The van der Waals surface area contributed by atoms with E-state index in [4.69, 9.17) is 9.84 Å². The minimum Gasteiger partial charge on any atom is -0.478 e. The molecule has 0 amide bonds. The normalized spacial score (nSPS) is 10.9. The number of carboxylic acids is 1. The number of hydrogen-bond donors (Lipinski definition) is 1. The van der Waals surface area contributed by atoms with Gasteiger partial charge in [-0.05, 0) is 6.07 Å². The summed E-state index contributed by atoms with van der Waals surface area (Å²) in [5.41, 5.74) is 1.42. The highest BCUT2D eigenvalue weighted by Gasteiger charge is 2.11. The minimum absolute atomic E-state index is 0.147. The minimum atomic E-state index is -0.997. The summed E-state index contributed by atoms with van der Waals surface area (Å²) in [7, 11) is 3.48. The van der Waals surface area contributed by atoms with Crippen LogP contribution in [0, 0.1) is 0 Å². The number of fused-ring (bicyclic) bond motifs is 1. The number of ether oxygens (including phenoxy) is 1. The van der Waals surface area contributed by atoms with Gasteiger partial charge in [-0.25, -0.2) is 14.8 Å². The second kappa shape index (κ2) is 4.50. The molecule has 0 aliphatic carbocycles. The van der Waals surface area contributed by atoms with Crippen LogP contribution in [0.1, 0.15) is 16.2 Å². The number of rotatable bonds is 4. The fraction of sp³-hybridized carbons (Fsp3) is 0.364. The van der Waals surface area contributed by atoms with Gasteiger partial charge >= 0.3 is 5.97 Å². The zero-order chi connectivity index (χ0) is 12.4. The number of pyridine rings is 1. The van der Waals surface area contributed by atoms with Gasteiger partial charge in [0.15, 0.2) is 5.65 Å². The fourth-order valence-electron chi connectivity index (χ4n) is 1.66. The molecule has 0 spiro atoms. The second-order valence-corrected chi connectivity index (χ2v) is 3.70. The molecule has 0 aromatic carbocycles. The third-order valence-electron chi connectivity index (χ3n) is 2.58. The maximum Gasteiger partial charge on any atom is 0.337 e. The third kappa shape index (κ3) is 2.12. The van der Waals surface area contributed by atoms with Crippen LogP contribution >= 0.6 is 0 Å². The quantitative estimate of drug-likeness (QED) is 0.850. The molecule has 0 fully saturated rings. The Morgan fingerprint density at radius 2 is 2.35 bits per heavy atom. The lowest BCUT2D eigenvalue weighted by molar-refractivity contribution is 0.0696. The van der Waals surface area contributed by atoms with Crippen LogP contribution in [0.15, 0.2) is 12.3 Å². The summed E-state index contributed by atoms with van der Waals surface area (Å²) in [4.78, 5) is 19.3. The van der Waals surface area contributed by atoms with Crippen LogP contribution in [0.4, 0.5) is 0 Å². The van der Waals surface area contributed by atoms with Gasteiger partial charge in [-0.15, -0.1) is 0 Å². The summed E-state index contributed by atoms with van der Waals surface area (Å²) in [6, 6.07) is 1.53. The average molecular weight is 235 g/mol. The van der Waals surface area contributed by atoms with E-state index in [2.05, 4.69) is 9.97 Å². The Kier molecular flexibility index (Phi) is 3.06. The molecule has 0 radical (unpaired) electrons. The number of aromatic carboxylic acids is 1. The van der Waals surface area contributed by atoms with Gasteiger partial charge in [0.25, 0.3) is 0 Å². The number of nitrogens with zero attached hydrogens (tertiary/aromatic N) is 3. The van der Waals surface area contributed by atoms with E-state index >= 15 is 0 Å². The lowest BCUT2D eigenvalue weighted by Crippen LogP contribution is -2.03. The summed E-state index contributed by atoms with van der Waals surface area (Å²) in [5.74, 6) is -0.166. The lowest BCUT2D eigenvalue weighted by Gasteiger charge is -2.00. The number of imidazole rings is 1. The number of aryl methyl sites for hydroxylation is 1. The highest BCUT2D eigenvalue weighted by molar-refractivity contribution is 5.90. The summed E-state index contributed by atoms with van der Waals surface area (Å²) < 4.78 is 6.84. The SMILES string of the molecule is COCCc1nc2cc(C(=O)O)cnc2n1C. The number of carboxylic acid groups (broad SMARTS) is 1. The molecule has 0 saturated carbocycles. The molecule has 17 heavy (non-hydrogen) atoms. The molecule has 6 heteroatoms. The lowest BCUT2D eigenvalue weighted by atomic mass is 10.3. The molecule has 2 heterocycles. The van der Waals surface area contributed by atoms with E-state index in [1.807, 2.05) is 11.6 Å². The molecule has 2 rings (SSSR count). The zero-order valence-corrected chi connectivity index (χ0v) is 9.67. The van der Waals surface area contributed by atoms with E-state index in [9.17, 15) is 4.79 Å². The Labute approximate surface area is 97.9 Å². The van der Waals surface area contributed by atoms with Gasteiger partial charge in [0.2, 0.25) is 0 Å². The predicted molar refractivity (Wildman–Crippen MR) is 61.0 cm³/mol. The van der Waals surface area contributed by atoms with Crippen LogP contribution in [-0.4, -0.2) is 39.3 Å². The summed E-state index contributed by atoms with van der Waals surface area (Å²) in [5, 5.41) is 8.87. The van der Waals surface area contributed by atoms with Crippen molar-refractivity contribution in [2.24, 2.45) is 7.05 Å². The maximum atomic E-state index is 10.8. The summed E-state index contributed by atoms with van der Waals surface area (Å²) in [6.07, 6.45) is 2.01. The summed E-state index contributed by atoms with van der Waals surface area (Å²) in [6.45, 7) is 0.572. The molecule has 0 aliphatic rings. The Morgan fingerprint density at radius 1 is 1.59 bits per heavy atom. The van der Waals surface area contributed by atoms with E-state index in [0.717, 1.165) is 5.82 Å². The molecular weight excluding hydrogens is 222 g/mol. The van der Waals surface area contributed by atoms with Crippen LogP contribution in [0.5, 0.6) is 0 Å². The summed E-state index contributed by atoms with van der Waals surface area (Å²) >= 11 is 0. The predicted octanol–water partition coefficient (Wildman–Crippen LogP) is 0.855. The van der Waals surface area contributed by atoms with E-state index in [1.54, 1.807) is 7.11 Å². The molecule has 6 nitrogen and oxygen atoms in total. The molecular formula is C11H13N3O3. The van der Waals surface area contributed by atoms with Gasteiger partial charge in [-0.1, -0.05) is 0 Å². The van der Waals surface area contributed by atoms with Crippen molar-refractivity contribution < 1.29 is 14.6 Å². The van der Waals surface area contributed by atoms with Crippen LogP contribution in [0.3, 0.4) is 0 Å². The van der Waals surface area contributed by atoms with Gasteiger partial charge in [-0.2, -0.15) is 0 Å². The molecule has 2 aromatic heterocycles. The van der Waals surface area contributed by atoms with Crippen molar-refractivity contribution in [3.05, 3.63) is 23.7 Å². The Hall–Kier alpha value is -1.95. The maximum absolute atomic E-state index is 10.8. The van der Waals surface area contributed by atoms with Crippen LogP contribution in [0.2, 0.25) is 0 Å². The Morgan fingerprint density at radius 3 is 3.00 bits per heavy atom.